The van der Waals surface area contributed by atoms with E-state index in [4.69, 9.17) is 0 Å². The molecule has 2 nitrogen and oxygen atoms in total. The van der Waals surface area contributed by atoms with Crippen LogP contribution in [0.15, 0.2) is 20.7 Å². The zero-order valence-electron chi connectivity index (χ0n) is 11.3. The Labute approximate surface area is 101 Å². The Morgan fingerprint density at radius 3 is 1.56 bits per heavy atom. The van der Waals surface area contributed by atoms with Crippen molar-refractivity contribution in [2.45, 2.75) is 46.2 Å². The van der Waals surface area contributed by atoms with E-state index in [0.29, 0.717) is 0 Å². The lowest BCUT2D eigenvalue weighted by Crippen LogP contribution is -2.34. The van der Waals surface area contributed by atoms with Gasteiger partial charge in [0.2, 0.25) is 0 Å². The average molecular weight is 275 g/mol. The molecular formula is C11H22O2SSi2. The first kappa shape index (κ1) is 13.9. The molecule has 0 fully saturated rings. The van der Waals surface area contributed by atoms with E-state index in [-0.39, 0.29) is 0 Å². The second-order valence-corrected chi connectivity index (χ2v) is 19.1. The van der Waals surface area contributed by atoms with Crippen molar-refractivity contribution in [1.82, 2.24) is 0 Å². The van der Waals surface area contributed by atoms with Crippen LogP contribution < -0.4 is 0 Å². The quantitative estimate of drug-likeness (QED) is 0.724. The summed E-state index contributed by atoms with van der Waals surface area (Å²) in [6, 6.07) is 0. The molecule has 0 amide bonds. The fourth-order valence-electron chi connectivity index (χ4n) is 2.28. The lowest BCUT2D eigenvalue weighted by Gasteiger charge is -2.23. The Hall–Kier alpha value is -0.136. The lowest BCUT2D eigenvalue weighted by atomic mass is 10.4. The van der Waals surface area contributed by atoms with Crippen molar-refractivity contribution in [2.24, 2.45) is 0 Å². The fraction of sp³-hybridized carbons (Fsp3) is 0.636. The molecule has 0 aromatic carbocycles. The molecule has 0 N–H and O–H groups in total. The van der Waals surface area contributed by atoms with Crippen LogP contribution in [0.5, 0.6) is 0 Å². The van der Waals surface area contributed by atoms with E-state index < -0.39 is 26.0 Å². The van der Waals surface area contributed by atoms with Crippen molar-refractivity contribution in [2.75, 3.05) is 0 Å². The Kier molecular flexibility index (Phi) is 3.20. The zero-order valence-corrected chi connectivity index (χ0v) is 14.1. The summed E-state index contributed by atoms with van der Waals surface area (Å²) in [4.78, 5) is 0. The van der Waals surface area contributed by atoms with Gasteiger partial charge in [0.15, 0.2) is 9.84 Å². The number of rotatable bonds is 2. The topological polar surface area (TPSA) is 34.1 Å². The van der Waals surface area contributed by atoms with Gasteiger partial charge in [0.05, 0.1) is 16.1 Å². The lowest BCUT2D eigenvalue weighted by molar-refractivity contribution is 0.611. The summed E-state index contributed by atoms with van der Waals surface area (Å²) in [5.74, 6) is 0. The van der Waals surface area contributed by atoms with Crippen LogP contribution in [-0.2, 0) is 9.84 Å². The van der Waals surface area contributed by atoms with Gasteiger partial charge in [-0.2, -0.15) is 0 Å². The molecule has 1 heterocycles. The van der Waals surface area contributed by atoms with E-state index in [9.17, 15) is 8.42 Å². The second kappa shape index (κ2) is 3.68. The standard InChI is InChI=1S/C11H22O2SSi2/c1-9-8-10(15(2,3)4)14(12,13)11(9)16(5,6)7/h8H,1-7H3. The third kappa shape index (κ3) is 2.26. The summed E-state index contributed by atoms with van der Waals surface area (Å²) in [5.41, 5.74) is 0.983. The number of hydrogen-bond donors (Lipinski definition) is 0. The molecule has 1 aliphatic rings. The van der Waals surface area contributed by atoms with Crippen molar-refractivity contribution in [3.63, 3.8) is 0 Å². The highest BCUT2D eigenvalue weighted by Crippen LogP contribution is 2.39. The van der Waals surface area contributed by atoms with E-state index in [1.54, 1.807) is 0 Å². The predicted molar refractivity (Wildman–Crippen MR) is 76.4 cm³/mol. The van der Waals surface area contributed by atoms with Crippen molar-refractivity contribution >= 4 is 26.0 Å². The highest BCUT2D eigenvalue weighted by molar-refractivity contribution is 8.03. The zero-order chi connectivity index (χ0) is 12.9. The minimum atomic E-state index is -3.13. The largest absolute Gasteiger partial charge is 0.220 e. The van der Waals surface area contributed by atoms with Crippen molar-refractivity contribution in [3.05, 3.63) is 20.7 Å². The molecule has 0 spiro atoms. The van der Waals surface area contributed by atoms with Crippen LogP contribution >= 0.6 is 0 Å². The van der Waals surface area contributed by atoms with Gasteiger partial charge in [-0.25, -0.2) is 8.42 Å². The van der Waals surface area contributed by atoms with Crippen LogP contribution in [0.3, 0.4) is 0 Å². The van der Waals surface area contributed by atoms with Gasteiger partial charge in [-0.1, -0.05) is 39.3 Å². The summed E-state index contributed by atoms with van der Waals surface area (Å²) >= 11 is 0. The number of hydrogen-bond acceptors (Lipinski definition) is 2. The molecule has 5 heteroatoms. The third-order valence-corrected chi connectivity index (χ3v) is 12.9. The van der Waals surface area contributed by atoms with Gasteiger partial charge in [-0.3, -0.25) is 0 Å². The Morgan fingerprint density at radius 1 is 0.938 bits per heavy atom. The van der Waals surface area contributed by atoms with Crippen LogP contribution in [0.2, 0.25) is 39.3 Å². The van der Waals surface area contributed by atoms with E-state index in [2.05, 4.69) is 39.3 Å². The molecule has 16 heavy (non-hydrogen) atoms. The van der Waals surface area contributed by atoms with Crippen molar-refractivity contribution in [1.29, 1.82) is 0 Å². The summed E-state index contributed by atoms with van der Waals surface area (Å²) in [6.07, 6.45) is 1.93. The van der Waals surface area contributed by atoms with Gasteiger partial charge in [0.1, 0.15) is 0 Å². The van der Waals surface area contributed by atoms with Crippen LogP contribution in [0.4, 0.5) is 0 Å². The van der Waals surface area contributed by atoms with E-state index in [1.807, 2.05) is 13.0 Å². The Morgan fingerprint density at radius 2 is 1.38 bits per heavy atom. The van der Waals surface area contributed by atoms with E-state index in [1.165, 1.54) is 0 Å². The maximum atomic E-state index is 12.5. The van der Waals surface area contributed by atoms with Gasteiger partial charge < -0.3 is 0 Å². The summed E-state index contributed by atoms with van der Waals surface area (Å²) in [7, 11) is -6.68. The molecule has 0 bridgehead atoms. The molecule has 0 radical (unpaired) electrons. The van der Waals surface area contributed by atoms with Gasteiger partial charge in [-0.15, -0.1) is 0 Å². The van der Waals surface area contributed by atoms with E-state index >= 15 is 0 Å². The summed E-state index contributed by atoms with van der Waals surface area (Å²) in [5, 5.41) is 0. The molecule has 92 valence electrons. The molecule has 0 aromatic rings. The molecule has 1 aliphatic heterocycles. The average Bonchev–Trinajstić information content (AvgIpc) is 2.17. The summed E-state index contributed by atoms with van der Waals surface area (Å²) in [6.45, 7) is 14.5. The number of sulfone groups is 1. The van der Waals surface area contributed by atoms with Crippen molar-refractivity contribution < 1.29 is 8.42 Å². The molecular weight excluding hydrogens is 252 g/mol. The first-order chi connectivity index (χ1) is 6.88. The highest BCUT2D eigenvalue weighted by Gasteiger charge is 2.43. The molecule has 0 aliphatic carbocycles. The highest BCUT2D eigenvalue weighted by atomic mass is 32.2. The monoisotopic (exact) mass is 274 g/mol. The number of allylic oxidation sites excluding steroid dienone is 2. The molecule has 0 unspecified atom stereocenters. The van der Waals surface area contributed by atoms with Gasteiger partial charge >= 0.3 is 0 Å². The van der Waals surface area contributed by atoms with Gasteiger partial charge in [0.25, 0.3) is 0 Å². The molecule has 0 aromatic heterocycles. The Balaban J connectivity index is 3.43. The maximum absolute atomic E-state index is 12.5. The van der Waals surface area contributed by atoms with Crippen molar-refractivity contribution in [3.8, 4) is 0 Å². The maximum Gasteiger partial charge on any atom is 0.191 e. The van der Waals surface area contributed by atoms with E-state index in [0.717, 1.165) is 14.6 Å². The van der Waals surface area contributed by atoms with Gasteiger partial charge in [0, 0.05) is 9.06 Å². The molecule has 1 rings (SSSR count). The molecule has 0 saturated heterocycles. The van der Waals surface area contributed by atoms with Crippen LogP contribution in [0.1, 0.15) is 6.92 Å². The summed E-state index contributed by atoms with van der Waals surface area (Å²) < 4.78 is 26.5. The minimum absolute atomic E-state index is 0.718. The van der Waals surface area contributed by atoms with Gasteiger partial charge in [-0.05, 0) is 18.6 Å². The first-order valence-electron chi connectivity index (χ1n) is 5.57. The van der Waals surface area contributed by atoms with Crippen LogP contribution in [0, 0.1) is 0 Å². The fourth-order valence-corrected chi connectivity index (χ4v) is 12.6. The molecule has 0 atom stereocenters. The first-order valence-corrected chi connectivity index (χ1v) is 14.1. The molecule has 0 saturated carbocycles. The third-order valence-electron chi connectivity index (χ3n) is 2.68. The Bertz CT molecular complexity index is 471. The smallest absolute Gasteiger partial charge is 0.191 e. The predicted octanol–water partition coefficient (Wildman–Crippen LogP) is 3.33. The van der Waals surface area contributed by atoms with Crippen LogP contribution in [0.25, 0.3) is 0 Å². The second-order valence-electron chi connectivity index (χ2n) is 6.52. The van der Waals surface area contributed by atoms with Crippen LogP contribution in [-0.4, -0.2) is 24.6 Å². The SMILES string of the molecule is CC1=C([Si](C)(C)C)S(=O)(=O)C([Si](C)(C)C)=C1. The minimum Gasteiger partial charge on any atom is -0.220 e. The normalized spacial score (nSPS) is 21.3.